The maximum absolute atomic E-state index is 5.98. The predicted molar refractivity (Wildman–Crippen MR) is 79.5 cm³/mol. The third-order valence-electron chi connectivity index (χ3n) is 2.24. The van der Waals surface area contributed by atoms with E-state index in [-0.39, 0.29) is 12.4 Å². The van der Waals surface area contributed by atoms with Crippen molar-refractivity contribution in [1.82, 2.24) is 0 Å². The lowest BCUT2D eigenvalue weighted by Gasteiger charge is -2.04. The molecule has 0 aromatic heterocycles. The first kappa shape index (κ1) is 14.4. The molecule has 0 aliphatic heterocycles. The first-order valence-electron chi connectivity index (χ1n) is 5.16. The minimum atomic E-state index is 0. The van der Waals surface area contributed by atoms with Crippen molar-refractivity contribution >= 4 is 35.5 Å². The van der Waals surface area contributed by atoms with E-state index in [4.69, 9.17) is 17.3 Å². The van der Waals surface area contributed by atoms with Gasteiger partial charge in [-0.1, -0.05) is 54.1 Å². The Kier molecular flexibility index (Phi) is 5.49. The Morgan fingerprint density at radius 1 is 1.00 bits per heavy atom. The maximum atomic E-state index is 5.98. The van der Waals surface area contributed by atoms with Crippen LogP contribution in [-0.4, -0.2) is 5.84 Å². The third kappa shape index (κ3) is 3.65. The van der Waals surface area contributed by atoms with Crippen molar-refractivity contribution in [1.29, 1.82) is 0 Å². The number of amidine groups is 1. The Bertz CT molecular complexity index is 527. The number of hydrazone groups is 1. The van der Waals surface area contributed by atoms with Crippen LogP contribution >= 0.6 is 24.0 Å². The molecule has 0 fully saturated rings. The summed E-state index contributed by atoms with van der Waals surface area (Å²) >= 11 is 5.98. The van der Waals surface area contributed by atoms with E-state index < -0.39 is 0 Å². The van der Waals surface area contributed by atoms with E-state index in [1.807, 2.05) is 48.5 Å². The second-order valence-electron chi connectivity index (χ2n) is 3.45. The number of halogens is 2. The van der Waals surface area contributed by atoms with Gasteiger partial charge in [0.25, 0.3) is 0 Å². The SMILES string of the molecule is Cl.N/C(=N/Nc1ccccc1Cl)c1ccccc1. The van der Waals surface area contributed by atoms with Crippen molar-refractivity contribution in [3.63, 3.8) is 0 Å². The van der Waals surface area contributed by atoms with E-state index in [0.29, 0.717) is 10.9 Å². The number of para-hydroxylation sites is 1. The summed E-state index contributed by atoms with van der Waals surface area (Å²) in [5.74, 6) is 0.422. The molecule has 0 amide bonds. The van der Waals surface area contributed by atoms with Crippen LogP contribution in [0, 0.1) is 0 Å². The van der Waals surface area contributed by atoms with Gasteiger partial charge in [-0.25, -0.2) is 0 Å². The zero-order valence-corrected chi connectivity index (χ0v) is 11.1. The second-order valence-corrected chi connectivity index (χ2v) is 3.86. The fourth-order valence-corrected chi connectivity index (χ4v) is 1.52. The largest absolute Gasteiger partial charge is 0.382 e. The molecule has 94 valence electrons. The maximum Gasteiger partial charge on any atom is 0.150 e. The molecular weight excluding hydrogens is 269 g/mol. The fraction of sp³-hybridized carbons (Fsp3) is 0. The van der Waals surface area contributed by atoms with Gasteiger partial charge in [0.05, 0.1) is 10.7 Å². The van der Waals surface area contributed by atoms with Crippen molar-refractivity contribution in [2.45, 2.75) is 0 Å². The Labute approximate surface area is 117 Å². The van der Waals surface area contributed by atoms with Crippen LogP contribution in [0.5, 0.6) is 0 Å². The molecule has 3 nitrogen and oxygen atoms in total. The lowest BCUT2D eigenvalue weighted by atomic mass is 10.2. The van der Waals surface area contributed by atoms with Crippen LogP contribution in [0.15, 0.2) is 59.7 Å². The highest BCUT2D eigenvalue weighted by Crippen LogP contribution is 2.20. The van der Waals surface area contributed by atoms with Crippen molar-refractivity contribution in [2.24, 2.45) is 10.8 Å². The highest BCUT2D eigenvalue weighted by Gasteiger charge is 1.98. The third-order valence-corrected chi connectivity index (χ3v) is 2.57. The Balaban J connectivity index is 0.00000162. The molecule has 5 heteroatoms. The fourth-order valence-electron chi connectivity index (χ4n) is 1.35. The van der Waals surface area contributed by atoms with Gasteiger partial charge in [-0.05, 0) is 12.1 Å². The van der Waals surface area contributed by atoms with E-state index in [2.05, 4.69) is 10.5 Å². The number of benzene rings is 2. The van der Waals surface area contributed by atoms with Crippen LogP contribution in [0.3, 0.4) is 0 Å². The van der Waals surface area contributed by atoms with E-state index in [1.54, 1.807) is 6.07 Å². The molecule has 2 rings (SSSR count). The summed E-state index contributed by atoms with van der Waals surface area (Å²) in [6.45, 7) is 0. The molecule has 0 radical (unpaired) electrons. The normalized spacial score (nSPS) is 10.6. The summed E-state index contributed by atoms with van der Waals surface area (Å²) in [6.07, 6.45) is 0. The van der Waals surface area contributed by atoms with Gasteiger partial charge in [-0.2, -0.15) is 5.10 Å². The number of hydrogen-bond donors (Lipinski definition) is 2. The number of hydrogen-bond acceptors (Lipinski definition) is 2. The van der Waals surface area contributed by atoms with Gasteiger partial charge in [0.1, 0.15) is 0 Å². The summed E-state index contributed by atoms with van der Waals surface area (Å²) in [4.78, 5) is 0. The van der Waals surface area contributed by atoms with E-state index >= 15 is 0 Å². The number of nitrogens with two attached hydrogens (primary N) is 1. The summed E-state index contributed by atoms with van der Waals surface area (Å²) < 4.78 is 0. The topological polar surface area (TPSA) is 50.4 Å². The van der Waals surface area contributed by atoms with E-state index in [9.17, 15) is 0 Å². The molecule has 0 saturated carbocycles. The van der Waals surface area contributed by atoms with Crippen molar-refractivity contribution in [2.75, 3.05) is 5.43 Å². The Hall–Kier alpha value is -1.71. The quantitative estimate of drug-likeness (QED) is 0.514. The molecule has 0 unspecified atom stereocenters. The van der Waals surface area contributed by atoms with Crippen LogP contribution in [0.1, 0.15) is 5.56 Å². The molecule has 0 aliphatic rings. The van der Waals surface area contributed by atoms with Gasteiger partial charge in [-0.15, -0.1) is 12.4 Å². The summed E-state index contributed by atoms with van der Waals surface area (Å²) in [5.41, 5.74) is 10.3. The Morgan fingerprint density at radius 3 is 2.28 bits per heavy atom. The summed E-state index contributed by atoms with van der Waals surface area (Å²) in [6, 6.07) is 16.9. The summed E-state index contributed by atoms with van der Waals surface area (Å²) in [5, 5.41) is 4.69. The number of rotatable bonds is 3. The highest BCUT2D eigenvalue weighted by atomic mass is 35.5. The van der Waals surface area contributed by atoms with E-state index in [0.717, 1.165) is 11.3 Å². The van der Waals surface area contributed by atoms with Crippen LogP contribution in [0.25, 0.3) is 0 Å². The average Bonchev–Trinajstić information content (AvgIpc) is 2.38. The van der Waals surface area contributed by atoms with E-state index in [1.165, 1.54) is 0 Å². The standard InChI is InChI=1S/C13H12ClN3.ClH/c14-11-8-4-5-9-12(11)16-17-13(15)10-6-2-1-3-7-10;/h1-9,16H,(H2,15,17);1H. The van der Waals surface area contributed by atoms with Gasteiger partial charge >= 0.3 is 0 Å². The molecule has 2 aromatic carbocycles. The molecule has 3 N–H and O–H groups in total. The Morgan fingerprint density at radius 2 is 1.61 bits per heavy atom. The minimum Gasteiger partial charge on any atom is -0.382 e. The van der Waals surface area contributed by atoms with Gasteiger partial charge in [0.15, 0.2) is 5.84 Å². The second kappa shape index (κ2) is 6.89. The first-order chi connectivity index (χ1) is 8.27. The highest BCUT2D eigenvalue weighted by molar-refractivity contribution is 6.33. The number of nitrogens with zero attached hydrogens (tertiary/aromatic N) is 1. The number of nitrogens with one attached hydrogen (secondary N) is 1. The molecule has 0 bridgehead atoms. The molecule has 0 atom stereocenters. The van der Waals surface area contributed by atoms with Crippen molar-refractivity contribution < 1.29 is 0 Å². The first-order valence-corrected chi connectivity index (χ1v) is 5.54. The van der Waals surface area contributed by atoms with Crippen LogP contribution < -0.4 is 11.2 Å². The monoisotopic (exact) mass is 281 g/mol. The molecule has 2 aromatic rings. The smallest absolute Gasteiger partial charge is 0.150 e. The zero-order chi connectivity index (χ0) is 12.1. The van der Waals surface area contributed by atoms with Gasteiger partial charge < -0.3 is 5.73 Å². The van der Waals surface area contributed by atoms with Gasteiger partial charge in [0, 0.05) is 5.56 Å². The molecule has 0 spiro atoms. The van der Waals surface area contributed by atoms with Crippen molar-refractivity contribution in [3.8, 4) is 0 Å². The lowest BCUT2D eigenvalue weighted by molar-refractivity contribution is 1.31. The van der Waals surface area contributed by atoms with Crippen LogP contribution in [-0.2, 0) is 0 Å². The van der Waals surface area contributed by atoms with Crippen molar-refractivity contribution in [3.05, 3.63) is 65.2 Å². The molecule has 0 heterocycles. The molecule has 0 aliphatic carbocycles. The summed E-state index contributed by atoms with van der Waals surface area (Å²) in [7, 11) is 0. The molecular formula is C13H13Cl2N3. The average molecular weight is 282 g/mol. The van der Waals surface area contributed by atoms with Gasteiger partial charge in [-0.3, -0.25) is 5.43 Å². The predicted octanol–water partition coefficient (Wildman–Crippen LogP) is 3.49. The number of anilines is 1. The lowest BCUT2D eigenvalue weighted by Crippen LogP contribution is -2.15. The zero-order valence-electron chi connectivity index (χ0n) is 9.51. The minimum absolute atomic E-state index is 0. The molecule has 0 saturated heterocycles. The van der Waals surface area contributed by atoms with Gasteiger partial charge in [0.2, 0.25) is 0 Å². The van der Waals surface area contributed by atoms with Crippen LogP contribution in [0.4, 0.5) is 5.69 Å². The van der Waals surface area contributed by atoms with Crippen LogP contribution in [0.2, 0.25) is 5.02 Å². The molecule has 18 heavy (non-hydrogen) atoms.